The molecule has 0 unspecified atom stereocenters. The zero-order chi connectivity index (χ0) is 24.5. The van der Waals surface area contributed by atoms with Crippen molar-refractivity contribution in [3.05, 3.63) is 70.5 Å². The van der Waals surface area contributed by atoms with E-state index >= 15 is 0 Å². The van der Waals surface area contributed by atoms with Crippen molar-refractivity contribution in [1.29, 1.82) is 0 Å². The molecule has 0 aliphatic carbocycles. The fraction of sp³-hybridized carbons (Fsp3) is 0.261. The zero-order valence-corrected chi connectivity index (χ0v) is 18.2. The molecule has 33 heavy (non-hydrogen) atoms. The molecule has 0 saturated heterocycles. The number of carboxylic acid groups (broad SMARTS) is 1. The smallest absolute Gasteiger partial charge is 0.434 e. The molecule has 4 nitrogen and oxygen atoms in total. The number of hydrogen-bond donors (Lipinski definition) is 1. The Hall–Kier alpha value is -3.01. The van der Waals surface area contributed by atoms with Gasteiger partial charge in [0.25, 0.3) is 6.43 Å². The molecule has 10 heteroatoms. The molecule has 0 atom stereocenters. The minimum absolute atomic E-state index is 0.317. The topological polar surface area (TPSA) is 67.3 Å². The third-order valence-corrected chi connectivity index (χ3v) is 5.64. The summed E-state index contributed by atoms with van der Waals surface area (Å²) in [6.07, 6.45) is -9.14. The Morgan fingerprint density at radius 3 is 2.21 bits per heavy atom. The van der Waals surface area contributed by atoms with Gasteiger partial charge in [-0.2, -0.15) is 13.2 Å². The molecule has 0 bridgehead atoms. The van der Waals surface area contributed by atoms with Crippen LogP contribution >= 0.6 is 11.8 Å². The minimum atomic E-state index is -5.25. The zero-order valence-electron chi connectivity index (χ0n) is 17.4. The third-order valence-electron chi connectivity index (χ3n) is 4.77. The number of halogens is 5. The summed E-state index contributed by atoms with van der Waals surface area (Å²) in [6.45, 7) is 3.15. The minimum Gasteiger partial charge on any atom is -0.478 e. The standard InChI is InChI=1S/C23H18F5NO3S/c1-11(2)9-15-16(21(30)31)18(20(24)25)29-19(23(26,27)28)17(15)22(32)33-14-8-7-12-5-3-4-6-13(12)10-14/h3-8,10-11,20H,9H2,1-2H3,(H,30,31). The van der Waals surface area contributed by atoms with Gasteiger partial charge in [-0.3, -0.25) is 4.79 Å². The molecular formula is C23H18F5NO3S. The monoisotopic (exact) mass is 483 g/mol. The number of rotatable bonds is 6. The maximum absolute atomic E-state index is 13.8. The molecule has 0 spiro atoms. The largest absolute Gasteiger partial charge is 0.478 e. The number of carbonyl (C=O) groups excluding carboxylic acids is 1. The first-order valence-corrected chi connectivity index (χ1v) is 10.6. The van der Waals surface area contributed by atoms with Gasteiger partial charge in [-0.05, 0) is 52.6 Å². The van der Waals surface area contributed by atoms with Crippen LogP contribution in [0, 0.1) is 5.92 Å². The van der Waals surface area contributed by atoms with E-state index in [9.17, 15) is 36.6 Å². The molecule has 2 aromatic carbocycles. The van der Waals surface area contributed by atoms with Crippen molar-refractivity contribution < 1.29 is 36.6 Å². The second kappa shape index (κ2) is 9.46. The van der Waals surface area contributed by atoms with Crippen LogP contribution in [0.4, 0.5) is 22.0 Å². The van der Waals surface area contributed by atoms with Crippen molar-refractivity contribution in [2.45, 2.75) is 37.8 Å². The lowest BCUT2D eigenvalue weighted by Crippen LogP contribution is -2.23. The Labute approximate surface area is 189 Å². The number of hydrogen-bond acceptors (Lipinski definition) is 4. The van der Waals surface area contributed by atoms with Crippen LogP contribution in [0.2, 0.25) is 0 Å². The van der Waals surface area contributed by atoms with E-state index in [2.05, 4.69) is 4.98 Å². The van der Waals surface area contributed by atoms with E-state index < -0.39 is 57.7 Å². The van der Waals surface area contributed by atoms with Crippen LogP contribution in [0.3, 0.4) is 0 Å². The molecule has 0 saturated carbocycles. The summed E-state index contributed by atoms with van der Waals surface area (Å²) in [7, 11) is 0. The average molecular weight is 483 g/mol. The van der Waals surface area contributed by atoms with Gasteiger partial charge >= 0.3 is 12.1 Å². The normalized spacial score (nSPS) is 12.0. The van der Waals surface area contributed by atoms with Crippen LogP contribution in [-0.4, -0.2) is 21.2 Å². The van der Waals surface area contributed by atoms with Crippen LogP contribution in [0.25, 0.3) is 10.8 Å². The maximum Gasteiger partial charge on any atom is 0.434 e. The highest BCUT2D eigenvalue weighted by Crippen LogP contribution is 2.40. The molecule has 1 N–H and O–H groups in total. The van der Waals surface area contributed by atoms with Crippen LogP contribution in [0.5, 0.6) is 0 Å². The Bertz CT molecular complexity index is 1220. The van der Waals surface area contributed by atoms with Gasteiger partial charge in [0.05, 0.1) is 11.1 Å². The molecule has 1 aromatic heterocycles. The van der Waals surface area contributed by atoms with E-state index in [1.165, 1.54) is 0 Å². The van der Waals surface area contributed by atoms with E-state index in [1.807, 2.05) is 6.07 Å². The summed E-state index contributed by atoms with van der Waals surface area (Å²) in [4.78, 5) is 28.2. The molecule has 0 amide bonds. The predicted molar refractivity (Wildman–Crippen MR) is 114 cm³/mol. The van der Waals surface area contributed by atoms with Crippen molar-refractivity contribution in [1.82, 2.24) is 4.98 Å². The van der Waals surface area contributed by atoms with Crippen molar-refractivity contribution in [2.24, 2.45) is 5.92 Å². The summed E-state index contributed by atoms with van der Waals surface area (Å²) >= 11 is 0.458. The highest BCUT2D eigenvalue weighted by atomic mass is 32.2. The lowest BCUT2D eigenvalue weighted by molar-refractivity contribution is -0.141. The van der Waals surface area contributed by atoms with Crippen LogP contribution in [0.15, 0.2) is 47.4 Å². The molecular weight excluding hydrogens is 465 g/mol. The van der Waals surface area contributed by atoms with Gasteiger partial charge < -0.3 is 5.11 Å². The maximum atomic E-state index is 13.8. The summed E-state index contributed by atoms with van der Waals surface area (Å²) in [5, 5.41) is 10.0. The summed E-state index contributed by atoms with van der Waals surface area (Å²) < 4.78 is 68.5. The van der Waals surface area contributed by atoms with Gasteiger partial charge in [-0.1, -0.05) is 44.2 Å². The Morgan fingerprint density at radius 1 is 1.03 bits per heavy atom. The number of benzene rings is 2. The molecule has 0 aliphatic heterocycles. The molecule has 0 radical (unpaired) electrons. The molecule has 174 valence electrons. The molecule has 0 fully saturated rings. The van der Waals surface area contributed by atoms with Gasteiger partial charge in [0, 0.05) is 4.90 Å². The number of carboxylic acids is 1. The van der Waals surface area contributed by atoms with Gasteiger partial charge in [0.2, 0.25) is 5.12 Å². The number of thioether (sulfide) groups is 1. The molecule has 3 rings (SSSR count). The SMILES string of the molecule is CC(C)Cc1c(C(=O)O)c(C(F)F)nc(C(F)(F)F)c1C(=O)Sc1ccc2ccccc2c1. The van der Waals surface area contributed by atoms with E-state index in [0.717, 1.165) is 10.8 Å². The molecule has 1 heterocycles. The van der Waals surface area contributed by atoms with Crippen molar-refractivity contribution >= 4 is 33.6 Å². The summed E-state index contributed by atoms with van der Waals surface area (Å²) in [5.74, 6) is -2.29. The average Bonchev–Trinajstić information content (AvgIpc) is 2.71. The number of pyridine rings is 1. The molecule has 3 aromatic rings. The number of nitrogens with zero attached hydrogens (tertiary/aromatic N) is 1. The van der Waals surface area contributed by atoms with Crippen LogP contribution in [0.1, 0.15) is 57.9 Å². The Kier molecular flexibility index (Phi) is 7.06. The summed E-state index contributed by atoms with van der Waals surface area (Å²) in [6, 6.07) is 12.0. The Balaban J connectivity index is 2.24. The second-order valence-electron chi connectivity index (χ2n) is 7.67. The van der Waals surface area contributed by atoms with Crippen molar-refractivity contribution in [2.75, 3.05) is 0 Å². The molecule has 0 aliphatic rings. The number of alkyl halides is 5. The van der Waals surface area contributed by atoms with Crippen LogP contribution in [-0.2, 0) is 12.6 Å². The first-order valence-electron chi connectivity index (χ1n) is 9.76. The number of aromatic carboxylic acids is 1. The number of fused-ring (bicyclic) bond motifs is 1. The highest BCUT2D eigenvalue weighted by Gasteiger charge is 2.42. The van der Waals surface area contributed by atoms with Crippen LogP contribution < -0.4 is 0 Å². The first kappa shape index (κ1) is 24.6. The summed E-state index contributed by atoms with van der Waals surface area (Å²) in [5.41, 5.74) is -5.96. The van der Waals surface area contributed by atoms with Gasteiger partial charge in [0.1, 0.15) is 5.69 Å². The van der Waals surface area contributed by atoms with Crippen molar-refractivity contribution in [3.63, 3.8) is 0 Å². The quantitative estimate of drug-likeness (QED) is 0.301. The van der Waals surface area contributed by atoms with Gasteiger partial charge in [0.15, 0.2) is 5.69 Å². The van der Waals surface area contributed by atoms with Gasteiger partial charge in [-0.15, -0.1) is 0 Å². The lowest BCUT2D eigenvalue weighted by atomic mass is 9.91. The predicted octanol–water partition coefficient (Wildman–Crippen LogP) is 7.02. The van der Waals surface area contributed by atoms with E-state index in [-0.39, 0.29) is 6.42 Å². The number of carbonyl (C=O) groups is 2. The highest BCUT2D eigenvalue weighted by molar-refractivity contribution is 8.14. The number of aromatic nitrogens is 1. The Morgan fingerprint density at radius 2 is 1.67 bits per heavy atom. The van der Waals surface area contributed by atoms with E-state index in [4.69, 9.17) is 0 Å². The van der Waals surface area contributed by atoms with E-state index in [0.29, 0.717) is 16.7 Å². The lowest BCUT2D eigenvalue weighted by Gasteiger charge is -2.21. The fourth-order valence-electron chi connectivity index (χ4n) is 3.48. The van der Waals surface area contributed by atoms with Crippen molar-refractivity contribution in [3.8, 4) is 0 Å². The van der Waals surface area contributed by atoms with E-state index in [1.54, 1.807) is 50.2 Å². The second-order valence-corrected chi connectivity index (χ2v) is 8.72. The first-order chi connectivity index (χ1) is 15.4. The third kappa shape index (κ3) is 5.32. The van der Waals surface area contributed by atoms with Gasteiger partial charge in [-0.25, -0.2) is 18.6 Å². The fourth-order valence-corrected chi connectivity index (χ4v) is 4.34.